The molecule has 1 fully saturated rings. The minimum atomic E-state index is -0.629. The summed E-state index contributed by atoms with van der Waals surface area (Å²) in [6, 6.07) is 15.8. The number of para-hydroxylation sites is 2. The number of carbonyl (C=O) groups excluding carboxylic acids is 1. The Morgan fingerprint density at radius 3 is 2.77 bits per heavy atom. The van der Waals surface area contributed by atoms with Crippen LogP contribution in [0.4, 0.5) is 0 Å². The van der Waals surface area contributed by atoms with Crippen molar-refractivity contribution in [1.29, 1.82) is 1.28 Å². The lowest BCUT2D eigenvalue weighted by molar-refractivity contribution is -0.140. The Hall–Kier alpha value is -1.97. The Morgan fingerprint density at radius 1 is 1.26 bits per heavy atom. The molecule has 1 heterocycles. The van der Waals surface area contributed by atoms with Gasteiger partial charge in [-0.15, -0.1) is 0 Å². The molecular weight excluding hydrogens is 482 g/mol. The fourth-order valence-corrected chi connectivity index (χ4v) is 5.80. The molecule has 2 aromatic rings. The highest BCUT2D eigenvalue weighted by molar-refractivity contribution is 7.10. The van der Waals surface area contributed by atoms with E-state index in [1.807, 2.05) is 62.4 Å². The number of carbonyl (C=O) groups is 1. The largest absolute Gasteiger partial charge is 0.489 e. The summed E-state index contributed by atoms with van der Waals surface area (Å²) in [6.45, 7) is 3.99. The zero-order chi connectivity index (χ0) is 25.7. The lowest BCUT2D eigenvalue weighted by Crippen LogP contribution is -2.41. The minimum absolute atomic E-state index is 0.0140. The first-order chi connectivity index (χ1) is 17.4. The van der Waals surface area contributed by atoms with Gasteiger partial charge >= 0.3 is 5.97 Å². The van der Waals surface area contributed by atoms with Gasteiger partial charge in [0.05, 0.1) is 14.5 Å². The summed E-state index contributed by atoms with van der Waals surface area (Å²) in [6.07, 6.45) is 5.25. The maximum Gasteiger partial charge on any atom is 0.305 e. The van der Waals surface area contributed by atoms with E-state index in [9.17, 15) is 4.79 Å². The molecule has 2 unspecified atom stereocenters. The van der Waals surface area contributed by atoms with Gasteiger partial charge in [-0.2, -0.15) is 0 Å². The maximum atomic E-state index is 11.7. The van der Waals surface area contributed by atoms with Crippen molar-refractivity contribution in [3.63, 3.8) is 0 Å². The highest BCUT2D eigenvalue weighted by Gasteiger charge is 2.50. The minimum Gasteiger partial charge on any atom is -0.489 e. The van der Waals surface area contributed by atoms with E-state index in [-0.39, 0.29) is 45.5 Å². The van der Waals surface area contributed by atoms with Gasteiger partial charge in [-0.25, -0.2) is 0 Å². The van der Waals surface area contributed by atoms with Gasteiger partial charge in [0.25, 0.3) is 0 Å². The second-order valence-electron chi connectivity index (χ2n) is 9.52. The van der Waals surface area contributed by atoms with Gasteiger partial charge in [0.15, 0.2) is 0 Å². The zero-order valence-electron chi connectivity index (χ0n) is 21.3. The molecule has 1 saturated carbocycles. The molecule has 0 N–H and O–H groups in total. The smallest absolute Gasteiger partial charge is 0.305 e. The predicted octanol–water partition coefficient (Wildman–Crippen LogP) is 5.42. The summed E-state index contributed by atoms with van der Waals surface area (Å²) in [5, 5.41) is 0. The third-order valence-corrected chi connectivity index (χ3v) is 7.50. The van der Waals surface area contributed by atoms with Gasteiger partial charge in [0, 0.05) is 49.1 Å². The summed E-state index contributed by atoms with van der Waals surface area (Å²) < 4.78 is 36.8. The van der Waals surface area contributed by atoms with Crippen molar-refractivity contribution in [1.82, 2.24) is 0 Å². The van der Waals surface area contributed by atoms with Crippen molar-refractivity contribution < 1.29 is 28.1 Å². The fraction of sp³-hybridized carbons (Fsp3) is 0.444. The Kier molecular flexibility index (Phi) is 8.04. The van der Waals surface area contributed by atoms with Crippen molar-refractivity contribution in [3.05, 3.63) is 71.8 Å². The normalized spacial score (nSPS) is 24.7. The Bertz CT molecular complexity index is 1060. The van der Waals surface area contributed by atoms with Gasteiger partial charge in [0.2, 0.25) is 0 Å². The number of aryl methyl sites for hydroxylation is 1. The summed E-state index contributed by atoms with van der Waals surface area (Å²) >= 11 is 0. The van der Waals surface area contributed by atoms with Crippen molar-refractivity contribution in [3.8, 4) is 11.5 Å². The predicted molar refractivity (Wildman–Crippen MR) is 141 cm³/mol. The summed E-state index contributed by atoms with van der Waals surface area (Å²) in [4.78, 5) is 11.7. The van der Waals surface area contributed by atoms with Crippen LogP contribution in [-0.2, 0) is 25.0 Å². The van der Waals surface area contributed by atoms with Crippen LogP contribution >= 0.6 is 18.9 Å². The summed E-state index contributed by atoms with van der Waals surface area (Å²) in [5.41, 5.74) is 1.51. The van der Waals surface area contributed by atoms with Crippen LogP contribution in [0.15, 0.2) is 60.7 Å². The highest BCUT2D eigenvalue weighted by Crippen LogP contribution is 2.53. The van der Waals surface area contributed by atoms with E-state index in [0.717, 1.165) is 22.6 Å². The van der Waals surface area contributed by atoms with Crippen molar-refractivity contribution >= 4 is 24.8 Å². The molecular formula is C27H34O6P2. The topological polar surface area (TPSA) is 63.2 Å². The van der Waals surface area contributed by atoms with E-state index < -0.39 is 5.60 Å². The molecule has 0 bridgehead atoms. The van der Waals surface area contributed by atoms with E-state index in [1.54, 1.807) is 0 Å². The molecule has 0 saturated heterocycles. The SMILES string of the molecule is [3H]PO[C@@H]1C[C@@H]2Oc3c(CCC(=O)OC)cccc3[C@@H]2[C@H]1/C=C/[C@@H](OP)C(C)(C)Oc1ccccc1. The summed E-state index contributed by atoms with van der Waals surface area (Å²) in [5.74, 6) is 1.52. The molecule has 4 rings (SSSR count). The molecule has 188 valence electrons. The van der Waals surface area contributed by atoms with Crippen molar-refractivity contribution in [2.24, 2.45) is 5.92 Å². The third kappa shape index (κ3) is 5.73. The molecule has 6 nitrogen and oxygen atoms in total. The standard InChI is InChI=1S/C27H34O6P2/c1-27(2,31-18-9-5-4-6-10-18)23(33-35)14-13-19-21(32-34)16-22-25(19)20-11-7-8-17(26(20)30-22)12-15-24(28)29-3/h4-11,13-14,19,21-23,25H,12,15-16,34-35H2,1-3H3/b14-13+/t19-,21+,22-,23+,25-/m0/s1/i34T/t19-,21+,22-,23+,25-,34?. The Balaban J connectivity index is 1.57. The molecule has 0 aromatic heterocycles. The van der Waals surface area contributed by atoms with Crippen molar-refractivity contribution in [2.75, 3.05) is 7.11 Å². The number of benzene rings is 2. The molecule has 8 heteroatoms. The summed E-state index contributed by atoms with van der Waals surface area (Å²) in [7, 11) is 3.41. The number of rotatable bonds is 11. The molecule has 35 heavy (non-hydrogen) atoms. The highest BCUT2D eigenvalue weighted by atomic mass is 31.0. The van der Waals surface area contributed by atoms with Crippen LogP contribution in [0.5, 0.6) is 11.5 Å². The van der Waals surface area contributed by atoms with Gasteiger partial charge in [-0.1, -0.05) is 48.6 Å². The number of fused-ring (bicyclic) bond motifs is 3. The number of methoxy groups -OCH3 is 1. The molecule has 0 amide bonds. The van der Waals surface area contributed by atoms with E-state index >= 15 is 0 Å². The zero-order valence-corrected chi connectivity index (χ0v) is 22.5. The van der Waals surface area contributed by atoms with Gasteiger partial charge in [0.1, 0.15) is 29.3 Å². The van der Waals surface area contributed by atoms with E-state index in [2.05, 4.69) is 21.6 Å². The van der Waals surface area contributed by atoms with Gasteiger partial charge in [-0.3, -0.25) is 4.79 Å². The number of esters is 1. The average Bonchev–Trinajstić information content (AvgIpc) is 3.39. The van der Waals surface area contributed by atoms with Crippen LogP contribution in [0.2, 0.25) is 0 Å². The average molecular weight is 519 g/mol. The lowest BCUT2D eigenvalue weighted by Gasteiger charge is -2.32. The fourth-order valence-electron chi connectivity index (χ4n) is 5.13. The van der Waals surface area contributed by atoms with E-state index in [0.29, 0.717) is 19.3 Å². The number of ether oxygens (including phenoxy) is 3. The van der Waals surface area contributed by atoms with Crippen LogP contribution in [0, 0.1) is 5.92 Å². The van der Waals surface area contributed by atoms with Gasteiger partial charge < -0.3 is 23.3 Å². The lowest BCUT2D eigenvalue weighted by atomic mass is 9.86. The second-order valence-corrected chi connectivity index (χ2v) is 10.0. The van der Waals surface area contributed by atoms with Crippen LogP contribution < -0.4 is 9.47 Å². The maximum absolute atomic E-state index is 11.7. The molecule has 1 aliphatic heterocycles. The molecule has 0 spiro atoms. The third-order valence-electron chi connectivity index (χ3n) is 6.91. The Labute approximate surface area is 213 Å². The molecule has 0 radical (unpaired) electrons. The number of hydrogen-bond donors (Lipinski definition) is 0. The number of hydrogen-bond acceptors (Lipinski definition) is 6. The van der Waals surface area contributed by atoms with Crippen LogP contribution in [0.3, 0.4) is 0 Å². The van der Waals surface area contributed by atoms with E-state index in [4.69, 9.17) is 24.5 Å². The van der Waals surface area contributed by atoms with Gasteiger partial charge in [-0.05, 0) is 38.0 Å². The van der Waals surface area contributed by atoms with Crippen LogP contribution in [-0.4, -0.2) is 38.3 Å². The van der Waals surface area contributed by atoms with Crippen LogP contribution in [0.1, 0.15) is 43.7 Å². The first-order valence-corrected chi connectivity index (χ1v) is 12.7. The van der Waals surface area contributed by atoms with E-state index in [1.165, 1.54) is 7.11 Å². The first kappa shape index (κ1) is 24.7. The molecule has 1 aliphatic carbocycles. The Morgan fingerprint density at radius 2 is 2.06 bits per heavy atom. The van der Waals surface area contributed by atoms with Crippen LogP contribution in [0.25, 0.3) is 0 Å². The molecule has 7 atom stereocenters. The second kappa shape index (κ2) is 11.4. The quantitative estimate of drug-likeness (QED) is 0.225. The molecule has 2 aliphatic rings. The monoisotopic (exact) mass is 518 g/mol. The molecule has 2 aromatic carbocycles. The van der Waals surface area contributed by atoms with Crippen molar-refractivity contribution in [2.45, 2.75) is 62.9 Å². The first-order valence-electron chi connectivity index (χ1n) is 12.3.